The van der Waals surface area contributed by atoms with E-state index in [1.54, 1.807) is 30.3 Å². The minimum atomic E-state index is -4.05. The number of rotatable bonds is 10. The van der Waals surface area contributed by atoms with Crippen molar-refractivity contribution in [3.8, 4) is 5.75 Å². The van der Waals surface area contributed by atoms with E-state index in [0.717, 1.165) is 27.4 Å². The number of thioether (sulfide) groups is 1. The number of amides is 1. The van der Waals surface area contributed by atoms with Crippen molar-refractivity contribution in [2.24, 2.45) is 0 Å². The summed E-state index contributed by atoms with van der Waals surface area (Å²) in [6, 6.07) is 14.2. The number of esters is 1. The Morgan fingerprint density at radius 2 is 1.76 bits per heavy atom. The van der Waals surface area contributed by atoms with Gasteiger partial charge in [-0.2, -0.15) is 0 Å². The Balaban J connectivity index is 1.78. The number of nitrogens with zero attached hydrogens (tertiary/aromatic N) is 3. The maximum Gasteiger partial charge on any atom is 0.316 e. The fourth-order valence-electron chi connectivity index (χ4n) is 2.57. The van der Waals surface area contributed by atoms with Crippen molar-refractivity contribution in [1.82, 2.24) is 10.2 Å². The number of aromatic nitrogens is 2. The summed E-state index contributed by atoms with van der Waals surface area (Å²) in [6.07, 6.45) is 0. The van der Waals surface area contributed by atoms with Crippen LogP contribution in [-0.4, -0.2) is 57.0 Å². The second-order valence-corrected chi connectivity index (χ2v) is 10.4. The van der Waals surface area contributed by atoms with Gasteiger partial charge in [0, 0.05) is 0 Å². The number of carbonyl (C=O) groups is 2. The number of anilines is 2. The topological polar surface area (TPSA) is 128 Å². The zero-order valence-corrected chi connectivity index (χ0v) is 20.1. The summed E-state index contributed by atoms with van der Waals surface area (Å²) in [7, 11) is -1.29. The summed E-state index contributed by atoms with van der Waals surface area (Å²) in [5.41, 5.74) is 0.329. The van der Waals surface area contributed by atoms with E-state index in [1.165, 1.54) is 38.5 Å². The van der Waals surface area contributed by atoms with Crippen LogP contribution in [0, 0.1) is 0 Å². The maximum absolute atomic E-state index is 13.3. The summed E-state index contributed by atoms with van der Waals surface area (Å²) in [4.78, 5) is 24.0. The molecule has 0 atom stereocenters. The van der Waals surface area contributed by atoms with E-state index < -0.39 is 28.4 Å². The van der Waals surface area contributed by atoms with Gasteiger partial charge in [0.05, 0.1) is 30.6 Å². The predicted octanol–water partition coefficient (Wildman–Crippen LogP) is 2.65. The molecule has 2 aromatic carbocycles. The average Bonchev–Trinajstić information content (AvgIpc) is 3.28. The molecule has 1 N–H and O–H groups in total. The first-order chi connectivity index (χ1) is 15.8. The molecular formula is C20H20N4O6S3. The lowest BCUT2D eigenvalue weighted by Gasteiger charge is -2.23. The predicted molar refractivity (Wildman–Crippen MR) is 125 cm³/mol. The lowest BCUT2D eigenvalue weighted by Crippen LogP contribution is -2.38. The molecule has 1 aromatic heterocycles. The monoisotopic (exact) mass is 508 g/mol. The highest BCUT2D eigenvalue weighted by molar-refractivity contribution is 8.01. The minimum absolute atomic E-state index is 0.0114. The molecular weight excluding hydrogens is 488 g/mol. The molecule has 0 radical (unpaired) electrons. The van der Waals surface area contributed by atoms with Crippen molar-refractivity contribution in [2.75, 3.05) is 36.1 Å². The highest BCUT2D eigenvalue weighted by Crippen LogP contribution is 2.27. The Morgan fingerprint density at radius 3 is 2.39 bits per heavy atom. The van der Waals surface area contributed by atoms with Gasteiger partial charge in [-0.15, -0.1) is 10.2 Å². The number of nitrogens with one attached hydrogen (secondary N) is 1. The van der Waals surface area contributed by atoms with E-state index in [2.05, 4.69) is 20.3 Å². The molecule has 13 heteroatoms. The third-order valence-corrected chi connectivity index (χ3v) is 7.91. The van der Waals surface area contributed by atoms with Crippen LogP contribution in [0.5, 0.6) is 5.75 Å². The van der Waals surface area contributed by atoms with Gasteiger partial charge in [0.25, 0.3) is 10.0 Å². The van der Waals surface area contributed by atoms with Crippen molar-refractivity contribution in [3.05, 3.63) is 54.6 Å². The molecule has 0 spiro atoms. The van der Waals surface area contributed by atoms with E-state index in [-0.39, 0.29) is 15.8 Å². The highest BCUT2D eigenvalue weighted by atomic mass is 32.2. The lowest BCUT2D eigenvalue weighted by molar-refractivity contribution is -0.137. The van der Waals surface area contributed by atoms with Crippen LogP contribution in [0.1, 0.15) is 0 Å². The zero-order chi connectivity index (χ0) is 23.8. The Hall–Kier alpha value is -3.16. The zero-order valence-electron chi connectivity index (χ0n) is 17.6. The molecule has 0 bridgehead atoms. The van der Waals surface area contributed by atoms with Gasteiger partial charge in [0.1, 0.15) is 12.3 Å². The maximum atomic E-state index is 13.3. The van der Waals surface area contributed by atoms with Gasteiger partial charge in [-0.3, -0.25) is 19.2 Å². The molecule has 0 aliphatic carbocycles. The smallest absolute Gasteiger partial charge is 0.316 e. The van der Waals surface area contributed by atoms with E-state index in [4.69, 9.17) is 4.74 Å². The quantitative estimate of drug-likeness (QED) is 0.250. The van der Waals surface area contributed by atoms with Gasteiger partial charge in [-0.1, -0.05) is 41.3 Å². The molecule has 3 aromatic rings. The second-order valence-electron chi connectivity index (χ2n) is 6.31. The molecule has 0 unspecified atom stereocenters. The van der Waals surface area contributed by atoms with Gasteiger partial charge < -0.3 is 9.47 Å². The molecule has 0 saturated heterocycles. The summed E-state index contributed by atoms with van der Waals surface area (Å²) >= 11 is 2.18. The van der Waals surface area contributed by atoms with Crippen molar-refractivity contribution in [1.29, 1.82) is 0 Å². The summed E-state index contributed by atoms with van der Waals surface area (Å²) in [5, 5.41) is 10.5. The van der Waals surface area contributed by atoms with Crippen LogP contribution in [0.4, 0.5) is 10.8 Å². The van der Waals surface area contributed by atoms with Gasteiger partial charge in [0.2, 0.25) is 11.0 Å². The number of hydrogen-bond donors (Lipinski definition) is 1. The van der Waals surface area contributed by atoms with E-state index >= 15 is 0 Å². The fourth-order valence-corrected chi connectivity index (χ4v) is 5.59. The van der Waals surface area contributed by atoms with Crippen LogP contribution in [0.25, 0.3) is 0 Å². The number of para-hydroxylation sites is 1. The van der Waals surface area contributed by atoms with Crippen LogP contribution < -0.4 is 14.4 Å². The van der Waals surface area contributed by atoms with Crippen LogP contribution in [0.15, 0.2) is 63.8 Å². The van der Waals surface area contributed by atoms with E-state index in [9.17, 15) is 18.0 Å². The Labute approximate surface area is 199 Å². The number of carbonyl (C=O) groups excluding carboxylic acids is 2. The first-order valence-electron chi connectivity index (χ1n) is 9.38. The molecule has 10 nitrogen and oxygen atoms in total. The Morgan fingerprint density at radius 1 is 1.06 bits per heavy atom. The molecule has 33 heavy (non-hydrogen) atoms. The Kier molecular flexibility index (Phi) is 8.25. The number of benzene rings is 2. The van der Waals surface area contributed by atoms with E-state index in [1.807, 2.05) is 0 Å². The van der Waals surface area contributed by atoms with Gasteiger partial charge in [-0.05, 0) is 36.4 Å². The standard InChI is InChI=1S/C20H20N4O6S3/c1-29-15-8-10-16(11-9-15)33(27,28)24(14-6-4-3-5-7-14)12-17(25)21-19-22-23-20(32-19)31-13-18(26)30-2/h3-11H,12-13H2,1-2H3,(H,21,22,25). The molecule has 1 heterocycles. The fraction of sp³-hybridized carbons (Fsp3) is 0.200. The third-order valence-electron chi connectivity index (χ3n) is 4.17. The summed E-state index contributed by atoms with van der Waals surface area (Å²) in [6.45, 7) is -0.484. The lowest BCUT2D eigenvalue weighted by atomic mass is 10.3. The van der Waals surface area contributed by atoms with Crippen LogP contribution in [0.3, 0.4) is 0 Å². The molecule has 0 fully saturated rings. The molecule has 0 aliphatic rings. The molecule has 1 amide bonds. The van der Waals surface area contributed by atoms with Crippen molar-refractivity contribution >= 4 is 55.8 Å². The third kappa shape index (κ3) is 6.43. The molecule has 174 valence electrons. The van der Waals surface area contributed by atoms with Gasteiger partial charge in [0.15, 0.2) is 4.34 Å². The van der Waals surface area contributed by atoms with Crippen molar-refractivity contribution < 1.29 is 27.5 Å². The SMILES string of the molecule is COC(=O)CSc1nnc(NC(=O)CN(c2ccccc2)S(=O)(=O)c2ccc(OC)cc2)s1. The summed E-state index contributed by atoms with van der Waals surface area (Å²) in [5.74, 6) is -0.448. The van der Waals surface area contributed by atoms with Crippen LogP contribution >= 0.6 is 23.1 Å². The normalized spacial score (nSPS) is 11.0. The first-order valence-corrected chi connectivity index (χ1v) is 12.6. The van der Waals surface area contributed by atoms with Gasteiger partial charge >= 0.3 is 5.97 Å². The van der Waals surface area contributed by atoms with Crippen molar-refractivity contribution in [3.63, 3.8) is 0 Å². The highest BCUT2D eigenvalue weighted by Gasteiger charge is 2.27. The number of methoxy groups -OCH3 is 2. The summed E-state index contributed by atoms with van der Waals surface area (Å²) < 4.78 is 37.8. The largest absolute Gasteiger partial charge is 0.497 e. The Bertz CT molecular complexity index is 1200. The van der Waals surface area contributed by atoms with Gasteiger partial charge in [-0.25, -0.2) is 8.42 Å². The van der Waals surface area contributed by atoms with Crippen LogP contribution in [0.2, 0.25) is 0 Å². The van der Waals surface area contributed by atoms with Crippen molar-refractivity contribution in [2.45, 2.75) is 9.24 Å². The van der Waals surface area contributed by atoms with Crippen LogP contribution in [-0.2, 0) is 24.3 Å². The molecule has 0 aliphatic heterocycles. The molecule has 0 saturated carbocycles. The minimum Gasteiger partial charge on any atom is -0.497 e. The second kappa shape index (κ2) is 11.1. The number of ether oxygens (including phenoxy) is 2. The number of hydrogen-bond acceptors (Lipinski definition) is 10. The number of sulfonamides is 1. The average molecular weight is 509 g/mol. The first kappa shape index (κ1) is 24.5. The molecule has 3 rings (SSSR count). The van der Waals surface area contributed by atoms with E-state index in [0.29, 0.717) is 15.8 Å².